The van der Waals surface area contributed by atoms with Gasteiger partial charge in [0.15, 0.2) is 0 Å². The van der Waals surface area contributed by atoms with Crippen LogP contribution in [0.25, 0.3) is 0 Å². The molecule has 0 heterocycles. The molecule has 0 spiro atoms. The van der Waals surface area contributed by atoms with Gasteiger partial charge in [0, 0.05) is 21.7 Å². The van der Waals surface area contributed by atoms with E-state index in [1.807, 2.05) is 12.1 Å². The first-order chi connectivity index (χ1) is 14.5. The molecule has 156 valence electrons. The second-order valence-corrected chi connectivity index (χ2v) is 9.74. The predicted molar refractivity (Wildman–Crippen MR) is 119 cm³/mol. The van der Waals surface area contributed by atoms with Crippen molar-refractivity contribution in [1.82, 2.24) is 5.43 Å². The lowest BCUT2D eigenvalue weighted by Crippen LogP contribution is -2.43. The molecule has 3 aliphatic rings. The van der Waals surface area contributed by atoms with E-state index >= 15 is 0 Å². The third kappa shape index (κ3) is 3.22. The molecule has 2 aromatic rings. The number of phenols is 1. The maximum Gasteiger partial charge on any atom is 0.271 e. The molecule has 4 atom stereocenters. The number of halogens is 1. The summed E-state index contributed by atoms with van der Waals surface area (Å²) < 4.78 is 0. The molecule has 5 rings (SSSR count). The second-order valence-electron chi connectivity index (χ2n) is 9.30. The molecule has 2 fully saturated rings. The van der Waals surface area contributed by atoms with Crippen LogP contribution in [0.3, 0.4) is 0 Å². The number of hydrogen-bond donors (Lipinski definition) is 2. The van der Waals surface area contributed by atoms with Gasteiger partial charge in [-0.2, -0.15) is 5.10 Å². The first-order valence-corrected chi connectivity index (χ1v) is 11.3. The fourth-order valence-corrected chi connectivity index (χ4v) is 6.54. The molecule has 2 saturated carbocycles. The van der Waals surface area contributed by atoms with Crippen molar-refractivity contribution in [1.29, 1.82) is 0 Å². The molecule has 5 heteroatoms. The van der Waals surface area contributed by atoms with Gasteiger partial charge in [-0.3, -0.25) is 4.79 Å². The van der Waals surface area contributed by atoms with Crippen molar-refractivity contribution >= 4 is 23.2 Å². The lowest BCUT2D eigenvalue weighted by Gasteiger charge is -2.49. The molecule has 0 radical (unpaired) electrons. The average molecular weight is 423 g/mol. The number of hydrazone groups is 1. The van der Waals surface area contributed by atoms with Gasteiger partial charge in [-0.15, -0.1) is 0 Å². The highest BCUT2D eigenvalue weighted by atomic mass is 35.5. The summed E-state index contributed by atoms with van der Waals surface area (Å²) in [5, 5.41) is 15.0. The van der Waals surface area contributed by atoms with Crippen LogP contribution >= 0.6 is 11.6 Å². The highest BCUT2D eigenvalue weighted by Crippen LogP contribution is 2.59. The Kier molecular flexibility index (Phi) is 4.85. The van der Waals surface area contributed by atoms with Crippen molar-refractivity contribution in [2.75, 3.05) is 0 Å². The van der Waals surface area contributed by atoms with Crippen LogP contribution in [0.4, 0.5) is 0 Å². The van der Waals surface area contributed by atoms with E-state index in [1.54, 1.807) is 24.3 Å². The quantitative estimate of drug-likeness (QED) is 0.611. The molecule has 0 bridgehead atoms. The number of nitrogens with zero attached hydrogens (tertiary/aromatic N) is 1. The van der Waals surface area contributed by atoms with Gasteiger partial charge in [0.25, 0.3) is 5.91 Å². The standard InChI is InChI=1S/C25H27ClN2O2/c1-25-12-11-20-19-8-6-18(29)14-15(19)5-7-21(20)22(25)9-10-23(25)27-28-24(30)16-3-2-4-17(26)13-16/h2-4,6,8,13-14,20-22,29H,5,7,9-12H2,1H3,(H,28,30)/b27-23-/t20-,21+,22+,25-/m1/s1. The number of fused-ring (bicyclic) bond motifs is 5. The van der Waals surface area contributed by atoms with Crippen molar-refractivity contribution < 1.29 is 9.90 Å². The number of carbonyl (C=O) groups is 1. The first-order valence-electron chi connectivity index (χ1n) is 10.9. The zero-order valence-corrected chi connectivity index (χ0v) is 18.0. The molecule has 1 amide bonds. The Morgan fingerprint density at radius 2 is 2.03 bits per heavy atom. The Bertz CT molecular complexity index is 1030. The molecular weight excluding hydrogens is 396 g/mol. The van der Waals surface area contributed by atoms with E-state index < -0.39 is 0 Å². The Labute approximate surface area is 182 Å². The lowest BCUT2D eigenvalue weighted by atomic mass is 9.55. The van der Waals surface area contributed by atoms with Crippen molar-refractivity contribution in [3.05, 3.63) is 64.2 Å². The van der Waals surface area contributed by atoms with Gasteiger partial charge in [0.05, 0.1) is 0 Å². The molecule has 0 aliphatic heterocycles. The normalized spacial score (nSPS) is 31.0. The second kappa shape index (κ2) is 7.42. The topological polar surface area (TPSA) is 61.7 Å². The molecule has 30 heavy (non-hydrogen) atoms. The van der Waals surface area contributed by atoms with Gasteiger partial charge in [-0.1, -0.05) is 30.7 Å². The minimum Gasteiger partial charge on any atom is -0.508 e. The summed E-state index contributed by atoms with van der Waals surface area (Å²) in [7, 11) is 0. The number of aromatic hydroxyl groups is 1. The minimum absolute atomic E-state index is 0.0528. The van der Waals surface area contributed by atoms with Gasteiger partial charge in [-0.25, -0.2) is 5.43 Å². The van der Waals surface area contributed by atoms with Crippen molar-refractivity contribution in [2.24, 2.45) is 22.4 Å². The molecule has 0 saturated heterocycles. The van der Waals surface area contributed by atoms with Gasteiger partial charge in [0.1, 0.15) is 5.75 Å². The predicted octanol–water partition coefficient (Wildman–Crippen LogP) is 5.69. The monoisotopic (exact) mass is 422 g/mol. The highest BCUT2D eigenvalue weighted by Gasteiger charge is 2.53. The number of hydrogen-bond acceptors (Lipinski definition) is 3. The Balaban J connectivity index is 1.36. The fourth-order valence-electron chi connectivity index (χ4n) is 6.35. The number of nitrogens with one attached hydrogen (secondary N) is 1. The summed E-state index contributed by atoms with van der Waals surface area (Å²) in [5.41, 5.74) is 7.26. The summed E-state index contributed by atoms with van der Waals surface area (Å²) in [4.78, 5) is 12.5. The maximum atomic E-state index is 12.5. The summed E-state index contributed by atoms with van der Waals surface area (Å²) in [6.45, 7) is 2.34. The van der Waals surface area contributed by atoms with E-state index in [0.29, 0.717) is 34.1 Å². The van der Waals surface area contributed by atoms with Gasteiger partial charge >= 0.3 is 0 Å². The number of aryl methyl sites for hydroxylation is 1. The number of rotatable bonds is 2. The van der Waals surface area contributed by atoms with Crippen LogP contribution in [0.5, 0.6) is 5.75 Å². The average Bonchev–Trinajstić information content (AvgIpc) is 3.08. The summed E-state index contributed by atoms with van der Waals surface area (Å²) >= 11 is 6.01. The molecule has 4 nitrogen and oxygen atoms in total. The zero-order valence-electron chi connectivity index (χ0n) is 17.2. The number of carbonyl (C=O) groups excluding carboxylic acids is 1. The molecule has 3 aliphatic carbocycles. The molecule has 0 unspecified atom stereocenters. The summed E-state index contributed by atoms with van der Waals surface area (Å²) in [6, 6.07) is 12.9. The first kappa shape index (κ1) is 19.6. The van der Waals surface area contributed by atoms with Crippen LogP contribution in [0, 0.1) is 17.3 Å². The molecular formula is C25H27ClN2O2. The van der Waals surface area contributed by atoms with E-state index in [2.05, 4.69) is 23.5 Å². The van der Waals surface area contributed by atoms with Gasteiger partial charge < -0.3 is 5.11 Å². The van der Waals surface area contributed by atoms with Crippen LogP contribution in [0.15, 0.2) is 47.6 Å². The van der Waals surface area contributed by atoms with E-state index in [9.17, 15) is 9.90 Å². The van der Waals surface area contributed by atoms with Crippen LogP contribution < -0.4 is 5.43 Å². The Morgan fingerprint density at radius 1 is 1.17 bits per heavy atom. The Morgan fingerprint density at radius 3 is 2.87 bits per heavy atom. The number of phenolic OH excluding ortho intramolecular Hbond substituents is 1. The van der Waals surface area contributed by atoms with Gasteiger partial charge in [-0.05, 0) is 97.7 Å². The smallest absolute Gasteiger partial charge is 0.271 e. The molecule has 2 N–H and O–H groups in total. The summed E-state index contributed by atoms with van der Waals surface area (Å²) in [5.74, 6) is 1.99. The van der Waals surface area contributed by atoms with Crippen LogP contribution in [-0.2, 0) is 6.42 Å². The van der Waals surface area contributed by atoms with E-state index in [1.165, 1.54) is 17.5 Å². The van der Waals surface area contributed by atoms with Crippen LogP contribution in [-0.4, -0.2) is 16.7 Å². The lowest BCUT2D eigenvalue weighted by molar-refractivity contribution is 0.0930. The number of benzene rings is 2. The van der Waals surface area contributed by atoms with Gasteiger partial charge in [0.2, 0.25) is 0 Å². The largest absolute Gasteiger partial charge is 0.508 e. The minimum atomic E-state index is -0.211. The van der Waals surface area contributed by atoms with E-state index in [-0.39, 0.29) is 11.3 Å². The fraction of sp³-hybridized carbons (Fsp3) is 0.440. The summed E-state index contributed by atoms with van der Waals surface area (Å²) in [6.07, 6.45) is 6.51. The van der Waals surface area contributed by atoms with Crippen molar-refractivity contribution in [2.45, 2.75) is 51.4 Å². The SMILES string of the molecule is C[C@@]12CC[C@@H]3c4ccc(O)cc4CC[C@@H]3[C@@H]1CC/C2=N/NC(=O)c1cccc(Cl)c1. The van der Waals surface area contributed by atoms with Crippen LogP contribution in [0.2, 0.25) is 5.02 Å². The van der Waals surface area contributed by atoms with Crippen molar-refractivity contribution in [3.63, 3.8) is 0 Å². The van der Waals surface area contributed by atoms with Crippen molar-refractivity contribution in [3.8, 4) is 5.75 Å². The van der Waals surface area contributed by atoms with Crippen LogP contribution in [0.1, 0.15) is 66.4 Å². The highest BCUT2D eigenvalue weighted by molar-refractivity contribution is 6.30. The number of amides is 1. The van der Waals surface area contributed by atoms with E-state index in [0.717, 1.165) is 37.8 Å². The third-order valence-electron chi connectivity index (χ3n) is 7.83. The third-order valence-corrected chi connectivity index (χ3v) is 8.07. The molecule has 0 aromatic heterocycles. The molecule has 2 aromatic carbocycles. The van der Waals surface area contributed by atoms with E-state index in [4.69, 9.17) is 11.6 Å². The Hall–Kier alpha value is -2.33. The maximum absolute atomic E-state index is 12.5. The zero-order chi connectivity index (χ0) is 20.9.